The molecule has 0 spiro atoms. The zero-order valence-corrected chi connectivity index (χ0v) is 39.7. The van der Waals surface area contributed by atoms with E-state index in [9.17, 15) is 24.2 Å². The molecule has 0 saturated carbocycles. The SMILES string of the molecule is CC/C=C\C/C=C\C/C=C\C/C=C\C/C=C\C/C=C\C/C=C\CCCC(=O)OCC(O)COP(=O)(O)OCCNC(=O)CCCCCCCCC/C=C\C/C=C\CCCCCC. The van der Waals surface area contributed by atoms with Crippen LogP contribution in [-0.2, 0) is 27.9 Å². The third-order valence-corrected chi connectivity index (χ3v) is 10.4. The number of esters is 1. The molecule has 9 nitrogen and oxygen atoms in total. The Kier molecular flexibility index (Phi) is 44.6. The summed E-state index contributed by atoms with van der Waals surface area (Å²) in [6.07, 6.45) is 63.1. The van der Waals surface area contributed by atoms with Gasteiger partial charge in [0.2, 0.25) is 5.91 Å². The summed E-state index contributed by atoms with van der Waals surface area (Å²) in [6.45, 7) is 3.33. The van der Waals surface area contributed by atoms with Crippen LogP contribution in [0.5, 0.6) is 0 Å². The van der Waals surface area contributed by atoms with Crippen LogP contribution >= 0.6 is 7.82 Å². The molecule has 0 aromatic heterocycles. The Morgan fingerprint density at radius 2 is 0.935 bits per heavy atom. The van der Waals surface area contributed by atoms with Crippen LogP contribution in [0.15, 0.2) is 109 Å². The van der Waals surface area contributed by atoms with Crippen molar-refractivity contribution >= 4 is 19.7 Å². The van der Waals surface area contributed by atoms with E-state index in [2.05, 4.69) is 122 Å². The van der Waals surface area contributed by atoms with Crippen molar-refractivity contribution in [1.29, 1.82) is 0 Å². The first kappa shape index (κ1) is 58.7. The number of rotatable bonds is 43. The van der Waals surface area contributed by atoms with Crippen LogP contribution < -0.4 is 5.32 Å². The summed E-state index contributed by atoms with van der Waals surface area (Å²) < 4.78 is 26.9. The van der Waals surface area contributed by atoms with Crippen LogP contribution in [0.3, 0.4) is 0 Å². The van der Waals surface area contributed by atoms with Gasteiger partial charge in [-0.25, -0.2) is 4.57 Å². The number of phosphoric acid groups is 1. The molecule has 2 unspecified atom stereocenters. The second kappa shape index (κ2) is 47.2. The van der Waals surface area contributed by atoms with Crippen molar-refractivity contribution < 1.29 is 37.9 Å². The van der Waals surface area contributed by atoms with E-state index >= 15 is 0 Å². The standard InChI is InChI=1S/C52H86NO8P/c1-3-5-7-9-11-13-15-17-19-21-23-24-25-26-27-29-31-33-35-37-39-41-43-45-52(56)59-48-50(54)49-61-62(57,58)60-47-46-53-51(55)44-42-40-38-36-34-32-30-28-22-20-18-16-14-12-10-8-6-4-2/h5,7,11,13-14,16-17,19-20,22-24,26-27,31,33,37,39,50,54H,3-4,6,8-10,12,15,18,21,25,28-30,32,34-36,38,40-49H2,1-2H3,(H,53,55)(H,57,58)/b7-5-,13-11-,16-14-,19-17-,22-20-,24-23-,27-26-,33-31-,39-37-. The van der Waals surface area contributed by atoms with Gasteiger partial charge in [-0.1, -0.05) is 175 Å². The Labute approximate surface area is 377 Å². The van der Waals surface area contributed by atoms with Crippen molar-refractivity contribution in [2.45, 2.75) is 180 Å². The highest BCUT2D eigenvalue weighted by molar-refractivity contribution is 7.47. The van der Waals surface area contributed by atoms with E-state index in [-0.39, 0.29) is 32.1 Å². The van der Waals surface area contributed by atoms with Crippen molar-refractivity contribution in [2.75, 3.05) is 26.4 Å². The lowest BCUT2D eigenvalue weighted by atomic mass is 10.1. The van der Waals surface area contributed by atoms with E-state index in [0.717, 1.165) is 83.5 Å². The van der Waals surface area contributed by atoms with Crippen molar-refractivity contribution in [3.8, 4) is 0 Å². The fraction of sp³-hybridized carbons (Fsp3) is 0.615. The van der Waals surface area contributed by atoms with Crippen LogP contribution in [0.4, 0.5) is 0 Å². The number of unbranched alkanes of at least 4 members (excludes halogenated alkanes) is 12. The zero-order valence-electron chi connectivity index (χ0n) is 38.8. The van der Waals surface area contributed by atoms with Crippen LogP contribution in [0.25, 0.3) is 0 Å². The number of aliphatic hydroxyl groups excluding tert-OH is 1. The highest BCUT2D eigenvalue weighted by Crippen LogP contribution is 2.42. The van der Waals surface area contributed by atoms with Crippen molar-refractivity contribution in [1.82, 2.24) is 5.32 Å². The fourth-order valence-electron chi connectivity index (χ4n) is 5.87. The molecule has 0 radical (unpaired) electrons. The first-order chi connectivity index (χ1) is 30.3. The minimum atomic E-state index is -4.44. The van der Waals surface area contributed by atoms with Crippen LogP contribution in [0.2, 0.25) is 0 Å². The molecule has 0 aliphatic heterocycles. The fourth-order valence-corrected chi connectivity index (χ4v) is 6.63. The summed E-state index contributed by atoms with van der Waals surface area (Å²) in [7, 11) is -4.44. The highest BCUT2D eigenvalue weighted by Gasteiger charge is 2.23. The highest BCUT2D eigenvalue weighted by atomic mass is 31.2. The van der Waals surface area contributed by atoms with E-state index in [1.807, 2.05) is 6.08 Å². The predicted octanol–water partition coefficient (Wildman–Crippen LogP) is 13.9. The molecular weight excluding hydrogens is 798 g/mol. The quantitative estimate of drug-likeness (QED) is 0.0239. The molecular formula is C52H86NO8P. The van der Waals surface area contributed by atoms with E-state index in [1.165, 1.54) is 57.8 Å². The molecule has 0 fully saturated rings. The van der Waals surface area contributed by atoms with E-state index in [0.29, 0.717) is 12.8 Å². The van der Waals surface area contributed by atoms with Gasteiger partial charge in [0.15, 0.2) is 0 Å². The Morgan fingerprint density at radius 1 is 0.516 bits per heavy atom. The lowest BCUT2D eigenvalue weighted by molar-refractivity contribution is -0.147. The molecule has 0 aliphatic rings. The molecule has 0 heterocycles. The molecule has 0 rings (SSSR count). The average molecular weight is 884 g/mol. The third kappa shape index (κ3) is 47.7. The average Bonchev–Trinajstić information content (AvgIpc) is 3.26. The molecule has 0 aromatic rings. The summed E-state index contributed by atoms with van der Waals surface area (Å²) >= 11 is 0. The third-order valence-electron chi connectivity index (χ3n) is 9.44. The molecule has 0 saturated heterocycles. The van der Waals surface area contributed by atoms with Gasteiger partial charge in [-0.3, -0.25) is 18.6 Å². The van der Waals surface area contributed by atoms with Gasteiger partial charge >= 0.3 is 13.8 Å². The molecule has 62 heavy (non-hydrogen) atoms. The summed E-state index contributed by atoms with van der Waals surface area (Å²) in [4.78, 5) is 34.0. The van der Waals surface area contributed by atoms with Crippen LogP contribution in [-0.4, -0.2) is 54.3 Å². The topological polar surface area (TPSA) is 131 Å². The van der Waals surface area contributed by atoms with E-state index < -0.39 is 26.5 Å². The second-order valence-electron chi connectivity index (χ2n) is 15.3. The van der Waals surface area contributed by atoms with Gasteiger partial charge in [-0.05, 0) is 96.3 Å². The monoisotopic (exact) mass is 884 g/mol. The van der Waals surface area contributed by atoms with Gasteiger partial charge in [-0.15, -0.1) is 0 Å². The molecule has 0 bridgehead atoms. The Bertz CT molecular complexity index is 1380. The van der Waals surface area contributed by atoms with Gasteiger partial charge in [0, 0.05) is 19.4 Å². The molecule has 352 valence electrons. The first-order valence-electron chi connectivity index (χ1n) is 23.9. The van der Waals surface area contributed by atoms with Crippen molar-refractivity contribution in [2.24, 2.45) is 0 Å². The smallest absolute Gasteiger partial charge is 0.463 e. The normalized spacial score (nSPS) is 14.2. The number of amides is 1. The summed E-state index contributed by atoms with van der Waals surface area (Å²) in [5, 5.41) is 12.7. The molecule has 2 atom stereocenters. The summed E-state index contributed by atoms with van der Waals surface area (Å²) in [5.41, 5.74) is 0. The Balaban J connectivity index is 3.72. The first-order valence-corrected chi connectivity index (χ1v) is 25.4. The number of aliphatic hydroxyl groups is 1. The van der Waals surface area contributed by atoms with Gasteiger partial charge < -0.3 is 20.1 Å². The van der Waals surface area contributed by atoms with Crippen LogP contribution in [0.1, 0.15) is 174 Å². The minimum absolute atomic E-state index is 0.0639. The Hall–Kier alpha value is -3.33. The minimum Gasteiger partial charge on any atom is -0.463 e. The number of allylic oxidation sites excluding steroid dienone is 18. The maximum Gasteiger partial charge on any atom is 0.472 e. The molecule has 3 N–H and O–H groups in total. The Morgan fingerprint density at radius 3 is 1.42 bits per heavy atom. The maximum absolute atomic E-state index is 12.1. The predicted molar refractivity (Wildman–Crippen MR) is 261 cm³/mol. The second-order valence-corrected chi connectivity index (χ2v) is 16.8. The maximum atomic E-state index is 12.1. The number of hydrogen-bond acceptors (Lipinski definition) is 7. The van der Waals surface area contributed by atoms with Crippen molar-refractivity contribution in [3.05, 3.63) is 109 Å². The number of ether oxygens (including phenoxy) is 1. The zero-order chi connectivity index (χ0) is 45.3. The van der Waals surface area contributed by atoms with Crippen LogP contribution in [0, 0.1) is 0 Å². The van der Waals surface area contributed by atoms with Gasteiger partial charge in [0.05, 0.1) is 13.2 Å². The van der Waals surface area contributed by atoms with E-state index in [1.54, 1.807) is 0 Å². The molecule has 1 amide bonds. The largest absolute Gasteiger partial charge is 0.472 e. The number of carbonyl (C=O) groups excluding carboxylic acids is 2. The molecule has 0 aliphatic carbocycles. The summed E-state index contributed by atoms with van der Waals surface area (Å²) in [6, 6.07) is 0. The van der Waals surface area contributed by atoms with E-state index in [4.69, 9.17) is 13.8 Å². The number of phosphoric ester groups is 1. The summed E-state index contributed by atoms with van der Waals surface area (Å²) in [5.74, 6) is -0.593. The number of hydrogen-bond donors (Lipinski definition) is 3. The lowest BCUT2D eigenvalue weighted by Gasteiger charge is -2.15. The number of nitrogens with one attached hydrogen (secondary N) is 1. The van der Waals surface area contributed by atoms with Gasteiger partial charge in [0.25, 0.3) is 0 Å². The molecule has 0 aromatic carbocycles. The van der Waals surface area contributed by atoms with Crippen molar-refractivity contribution in [3.63, 3.8) is 0 Å². The molecule has 10 heteroatoms. The van der Waals surface area contributed by atoms with Gasteiger partial charge in [-0.2, -0.15) is 0 Å². The number of carbonyl (C=O) groups is 2. The van der Waals surface area contributed by atoms with Gasteiger partial charge in [0.1, 0.15) is 12.7 Å². The lowest BCUT2D eigenvalue weighted by Crippen LogP contribution is -2.27.